The topological polar surface area (TPSA) is 56.5 Å². The molecule has 0 aromatic rings. The zero-order valence-corrected chi connectivity index (χ0v) is 10.9. The molecule has 3 rings (SSSR count). The van der Waals surface area contributed by atoms with Gasteiger partial charge >= 0.3 is 12.1 Å². The lowest BCUT2D eigenvalue weighted by molar-refractivity contribution is -0.0602. The van der Waals surface area contributed by atoms with Gasteiger partial charge in [-0.3, -0.25) is 0 Å². The molecule has 3 heterocycles. The van der Waals surface area contributed by atoms with Crippen LogP contribution in [0.25, 0.3) is 11.3 Å². The zero-order valence-electron chi connectivity index (χ0n) is 10.9. The lowest BCUT2D eigenvalue weighted by atomic mass is 10.2. The SMILES string of the molecule is CCOC(=O)c1cc2c3n(ccc-2n1)CC(C(F)(F)F)=N3. The van der Waals surface area contributed by atoms with E-state index < -0.39 is 17.9 Å². The van der Waals surface area contributed by atoms with Crippen LogP contribution in [0.2, 0.25) is 0 Å². The summed E-state index contributed by atoms with van der Waals surface area (Å²) in [5.74, 6) is -0.451. The van der Waals surface area contributed by atoms with Crippen LogP contribution < -0.4 is 0 Å². The van der Waals surface area contributed by atoms with Crippen LogP contribution in [-0.2, 0) is 11.3 Å². The van der Waals surface area contributed by atoms with E-state index in [1.165, 1.54) is 16.8 Å². The highest BCUT2D eigenvalue weighted by molar-refractivity contribution is 5.98. The average Bonchev–Trinajstić information content (AvgIpc) is 3.01. The highest BCUT2D eigenvalue weighted by Crippen LogP contribution is 2.37. The molecule has 0 spiro atoms. The Labute approximate surface area is 117 Å². The van der Waals surface area contributed by atoms with Gasteiger partial charge in [0.2, 0.25) is 0 Å². The van der Waals surface area contributed by atoms with E-state index in [-0.39, 0.29) is 24.7 Å². The summed E-state index contributed by atoms with van der Waals surface area (Å²) in [6.07, 6.45) is -3.00. The third-order valence-electron chi connectivity index (χ3n) is 3.10. The molecule has 8 heteroatoms. The van der Waals surface area contributed by atoms with E-state index in [4.69, 9.17) is 4.74 Å². The second-order valence-electron chi connectivity index (χ2n) is 4.48. The largest absolute Gasteiger partial charge is 0.461 e. The number of ether oxygens (including phenoxy) is 1. The molecule has 0 radical (unpaired) electrons. The fourth-order valence-electron chi connectivity index (χ4n) is 2.16. The predicted octanol–water partition coefficient (Wildman–Crippen LogP) is 2.81. The number of fused-ring (bicyclic) bond motifs is 3. The van der Waals surface area contributed by atoms with Gasteiger partial charge < -0.3 is 9.30 Å². The predicted molar refractivity (Wildman–Crippen MR) is 68.0 cm³/mol. The summed E-state index contributed by atoms with van der Waals surface area (Å²) >= 11 is 0. The summed E-state index contributed by atoms with van der Waals surface area (Å²) < 4.78 is 44.4. The molecule has 0 bridgehead atoms. The van der Waals surface area contributed by atoms with Crippen molar-refractivity contribution >= 4 is 17.5 Å². The number of rotatable bonds is 2. The highest BCUT2D eigenvalue weighted by atomic mass is 19.4. The third kappa shape index (κ3) is 2.26. The summed E-state index contributed by atoms with van der Waals surface area (Å²) in [7, 11) is 0. The molecule has 0 N–H and O–H groups in total. The number of carbonyl (C=O) groups is 1. The maximum atomic E-state index is 12.7. The van der Waals surface area contributed by atoms with E-state index in [0.29, 0.717) is 11.3 Å². The highest BCUT2D eigenvalue weighted by Gasteiger charge is 2.39. The first-order chi connectivity index (χ1) is 9.90. The molecule has 0 saturated carbocycles. The fourth-order valence-corrected chi connectivity index (χ4v) is 2.16. The van der Waals surface area contributed by atoms with Gasteiger partial charge in [0.1, 0.15) is 17.2 Å². The van der Waals surface area contributed by atoms with E-state index in [9.17, 15) is 18.0 Å². The Morgan fingerprint density at radius 2 is 2.24 bits per heavy atom. The van der Waals surface area contributed by atoms with Crippen LogP contribution >= 0.6 is 0 Å². The Kier molecular flexibility index (Phi) is 2.96. The van der Waals surface area contributed by atoms with E-state index in [1.807, 2.05) is 0 Å². The Morgan fingerprint density at radius 3 is 2.90 bits per heavy atom. The van der Waals surface area contributed by atoms with Crippen LogP contribution in [0.1, 0.15) is 17.4 Å². The Balaban J connectivity index is 2.06. The number of nitrogens with zero attached hydrogens (tertiary/aromatic N) is 3. The van der Waals surface area contributed by atoms with Gasteiger partial charge in [-0.15, -0.1) is 0 Å². The normalized spacial score (nSPS) is 14.2. The van der Waals surface area contributed by atoms with Crippen molar-refractivity contribution in [3.05, 3.63) is 24.0 Å². The van der Waals surface area contributed by atoms with E-state index >= 15 is 0 Å². The minimum atomic E-state index is -4.47. The van der Waals surface area contributed by atoms with Crippen LogP contribution in [0.4, 0.5) is 19.0 Å². The number of hydrogen-bond acceptors (Lipinski definition) is 4. The Bertz CT molecular complexity index is 718. The van der Waals surface area contributed by atoms with Crippen molar-refractivity contribution in [3.8, 4) is 11.3 Å². The molecule has 21 heavy (non-hydrogen) atoms. The maximum Gasteiger partial charge on any atom is 0.431 e. The van der Waals surface area contributed by atoms with Gasteiger partial charge in [0.05, 0.1) is 18.8 Å². The van der Waals surface area contributed by atoms with Gasteiger partial charge in [0.25, 0.3) is 0 Å². The van der Waals surface area contributed by atoms with Gasteiger partial charge in [-0.05, 0) is 19.1 Å². The number of aromatic nitrogens is 2. The van der Waals surface area contributed by atoms with E-state index in [2.05, 4.69) is 9.98 Å². The molecule has 0 saturated heterocycles. The number of halogens is 3. The van der Waals surface area contributed by atoms with Crippen LogP contribution in [0.3, 0.4) is 0 Å². The van der Waals surface area contributed by atoms with Crippen LogP contribution in [0.5, 0.6) is 0 Å². The molecule has 5 nitrogen and oxygen atoms in total. The summed E-state index contributed by atoms with van der Waals surface area (Å²) in [5.41, 5.74) is 0.0154. The number of hydrogen-bond donors (Lipinski definition) is 0. The number of alkyl halides is 3. The zero-order chi connectivity index (χ0) is 15.2. The summed E-state index contributed by atoms with van der Waals surface area (Å²) in [5, 5.41) is 0. The van der Waals surface area contributed by atoms with Gasteiger partial charge in [-0.2, -0.15) is 13.2 Å². The number of carbonyl (C=O) groups excluding carboxylic acids is 1. The molecule has 0 aromatic heterocycles. The maximum absolute atomic E-state index is 12.7. The molecule has 0 unspecified atom stereocenters. The lowest BCUT2D eigenvalue weighted by Crippen LogP contribution is -2.24. The molecule has 0 amide bonds. The van der Waals surface area contributed by atoms with Crippen molar-refractivity contribution in [2.24, 2.45) is 4.99 Å². The van der Waals surface area contributed by atoms with Crippen molar-refractivity contribution in [3.63, 3.8) is 0 Å². The van der Waals surface area contributed by atoms with Crippen LogP contribution in [-0.4, -0.2) is 34.0 Å². The molecule has 3 aliphatic heterocycles. The van der Waals surface area contributed by atoms with Crippen LogP contribution in [0, 0.1) is 0 Å². The monoisotopic (exact) mass is 297 g/mol. The van der Waals surface area contributed by atoms with Gasteiger partial charge in [-0.1, -0.05) is 0 Å². The molecule has 110 valence electrons. The van der Waals surface area contributed by atoms with E-state index in [0.717, 1.165) is 0 Å². The van der Waals surface area contributed by atoms with Crippen molar-refractivity contribution < 1.29 is 22.7 Å². The average molecular weight is 297 g/mol. The first kappa shape index (κ1) is 13.6. The summed E-state index contributed by atoms with van der Waals surface area (Å²) in [6, 6.07) is 2.96. The van der Waals surface area contributed by atoms with Crippen molar-refractivity contribution in [2.45, 2.75) is 19.6 Å². The first-order valence-corrected chi connectivity index (χ1v) is 6.22. The van der Waals surface area contributed by atoms with Gasteiger partial charge in [0, 0.05) is 11.8 Å². The third-order valence-corrected chi connectivity index (χ3v) is 3.10. The molecule has 0 fully saturated rings. The molecule has 0 aromatic carbocycles. The van der Waals surface area contributed by atoms with Crippen LogP contribution in [0.15, 0.2) is 23.3 Å². The van der Waals surface area contributed by atoms with Crippen molar-refractivity contribution in [2.75, 3.05) is 6.61 Å². The quantitative estimate of drug-likeness (QED) is 0.801. The molecule has 0 aliphatic carbocycles. The lowest BCUT2D eigenvalue weighted by Gasteiger charge is -2.06. The number of esters is 1. The molecule has 0 atom stereocenters. The second kappa shape index (κ2) is 4.57. The minimum Gasteiger partial charge on any atom is -0.461 e. The summed E-state index contributed by atoms with van der Waals surface area (Å²) in [6.45, 7) is 1.52. The number of pyridine rings is 1. The molecular weight excluding hydrogens is 287 g/mol. The van der Waals surface area contributed by atoms with Crippen molar-refractivity contribution in [1.29, 1.82) is 0 Å². The van der Waals surface area contributed by atoms with Gasteiger partial charge in [0.15, 0.2) is 0 Å². The summed E-state index contributed by atoms with van der Waals surface area (Å²) in [4.78, 5) is 19.3. The molecule has 3 aliphatic rings. The second-order valence-corrected chi connectivity index (χ2v) is 4.48. The standard InChI is InChI=1S/C13H10F3N3O2/c1-2-21-12(20)9-5-7-8(17-9)3-4-19-6-10(13(14,15)16)18-11(7)19/h3-5H,2,6H2,1H3. The molecular formula is C13H10F3N3O2. The smallest absolute Gasteiger partial charge is 0.431 e. The first-order valence-electron chi connectivity index (χ1n) is 6.22. The Hall–Kier alpha value is -2.38. The Morgan fingerprint density at radius 1 is 1.48 bits per heavy atom. The minimum absolute atomic E-state index is 0.0662. The number of aliphatic imine (C=N–C) groups is 1. The van der Waals surface area contributed by atoms with E-state index in [1.54, 1.807) is 13.0 Å². The van der Waals surface area contributed by atoms with Gasteiger partial charge in [-0.25, -0.2) is 14.8 Å². The fraction of sp³-hybridized carbons (Fsp3) is 0.308. The van der Waals surface area contributed by atoms with Crippen molar-refractivity contribution in [1.82, 2.24) is 9.55 Å².